The third kappa shape index (κ3) is 3.32. The molecule has 1 aromatic rings. The van der Waals surface area contributed by atoms with E-state index in [1.165, 1.54) is 0 Å². The molecule has 0 fully saturated rings. The number of rotatable bonds is 4. The number of hydrogen-bond acceptors (Lipinski definition) is 3. The third-order valence-electron chi connectivity index (χ3n) is 2.74. The van der Waals surface area contributed by atoms with E-state index >= 15 is 0 Å². The lowest BCUT2D eigenvalue weighted by molar-refractivity contribution is -0.142. The number of carbonyl (C=O) groups excluding carboxylic acids is 1. The Morgan fingerprint density at radius 2 is 2.12 bits per heavy atom. The van der Waals surface area contributed by atoms with Crippen LogP contribution in [0.5, 0.6) is 0 Å². The van der Waals surface area contributed by atoms with Crippen LogP contribution < -0.4 is 0 Å². The summed E-state index contributed by atoms with van der Waals surface area (Å²) in [5, 5.41) is 9.03. The van der Waals surface area contributed by atoms with Gasteiger partial charge in [-0.05, 0) is 43.0 Å². The summed E-state index contributed by atoms with van der Waals surface area (Å²) in [7, 11) is 0. The Kier molecular flexibility index (Phi) is 4.71. The first-order valence-corrected chi connectivity index (χ1v) is 5.80. The van der Waals surface area contributed by atoms with E-state index in [1.54, 1.807) is 6.92 Å². The van der Waals surface area contributed by atoms with Gasteiger partial charge < -0.3 is 4.74 Å². The van der Waals surface area contributed by atoms with Crippen LogP contribution in [0.3, 0.4) is 0 Å². The average Bonchev–Trinajstić information content (AvgIpc) is 2.32. The number of aryl methyl sites for hydroxylation is 1. The molecule has 0 bridgehead atoms. The number of carbonyl (C=O) groups is 1. The molecule has 0 aliphatic carbocycles. The molecule has 0 amide bonds. The van der Waals surface area contributed by atoms with Gasteiger partial charge in [-0.1, -0.05) is 13.0 Å². The Balaban J connectivity index is 3.06. The van der Waals surface area contributed by atoms with Crippen molar-refractivity contribution in [2.75, 3.05) is 6.61 Å². The third-order valence-corrected chi connectivity index (χ3v) is 2.74. The number of ether oxygens (including phenoxy) is 1. The maximum atomic E-state index is 11.5. The van der Waals surface area contributed by atoms with Crippen LogP contribution in [0, 0.1) is 18.3 Å². The Morgan fingerprint density at radius 1 is 1.41 bits per heavy atom. The molecule has 0 radical (unpaired) electrons. The van der Waals surface area contributed by atoms with Gasteiger partial charge in [-0.2, -0.15) is 5.26 Å². The molecule has 1 aromatic carbocycles. The van der Waals surface area contributed by atoms with Gasteiger partial charge >= 0.3 is 5.97 Å². The number of benzene rings is 1. The smallest absolute Gasteiger partial charge is 0.310 e. The quantitative estimate of drug-likeness (QED) is 0.748. The van der Waals surface area contributed by atoms with Gasteiger partial charge in [-0.15, -0.1) is 0 Å². The van der Waals surface area contributed by atoms with E-state index in [1.807, 2.05) is 26.0 Å². The van der Waals surface area contributed by atoms with Crippen molar-refractivity contribution in [3.05, 3.63) is 34.4 Å². The molecule has 3 heteroatoms. The first kappa shape index (κ1) is 13.2. The van der Waals surface area contributed by atoms with Crippen molar-refractivity contribution in [3.63, 3.8) is 0 Å². The van der Waals surface area contributed by atoms with Crippen molar-refractivity contribution in [3.8, 4) is 6.07 Å². The van der Waals surface area contributed by atoms with E-state index in [0.717, 1.165) is 23.1 Å². The summed E-state index contributed by atoms with van der Waals surface area (Å²) in [6, 6.07) is 6.02. The molecule has 17 heavy (non-hydrogen) atoms. The summed E-state index contributed by atoms with van der Waals surface area (Å²) in [6.07, 6.45) is 1.09. The van der Waals surface area contributed by atoms with Gasteiger partial charge in [0.2, 0.25) is 0 Å². The van der Waals surface area contributed by atoms with Gasteiger partial charge in [0, 0.05) is 0 Å². The fraction of sp³-hybridized carbons (Fsp3) is 0.429. The van der Waals surface area contributed by atoms with Crippen molar-refractivity contribution < 1.29 is 9.53 Å². The van der Waals surface area contributed by atoms with Gasteiger partial charge in [0.15, 0.2) is 0 Å². The summed E-state index contributed by atoms with van der Waals surface area (Å²) in [5.41, 5.74) is 3.48. The molecule has 0 spiro atoms. The molecule has 0 atom stereocenters. The Bertz CT molecular complexity index is 458. The molecule has 0 aliphatic rings. The lowest BCUT2D eigenvalue weighted by atomic mass is 9.96. The Hall–Kier alpha value is -1.82. The molecule has 0 N–H and O–H groups in total. The van der Waals surface area contributed by atoms with Gasteiger partial charge in [-0.25, -0.2) is 0 Å². The predicted octanol–water partition coefficient (Wildman–Crippen LogP) is 2.53. The zero-order chi connectivity index (χ0) is 12.8. The number of nitrogens with zero attached hydrogens (tertiary/aromatic N) is 1. The molecular formula is C14H17NO2. The second-order valence-corrected chi connectivity index (χ2v) is 3.87. The van der Waals surface area contributed by atoms with Crippen LogP contribution in [-0.4, -0.2) is 12.6 Å². The minimum Gasteiger partial charge on any atom is -0.466 e. The lowest BCUT2D eigenvalue weighted by Gasteiger charge is -2.09. The second-order valence-electron chi connectivity index (χ2n) is 3.87. The fourth-order valence-electron chi connectivity index (χ4n) is 1.71. The maximum absolute atomic E-state index is 11.5. The van der Waals surface area contributed by atoms with Crippen molar-refractivity contribution in [1.82, 2.24) is 0 Å². The van der Waals surface area contributed by atoms with Crippen LogP contribution in [-0.2, 0) is 22.4 Å². The Labute approximate surface area is 102 Å². The summed E-state index contributed by atoms with van der Waals surface area (Å²) in [4.78, 5) is 11.5. The van der Waals surface area contributed by atoms with E-state index in [2.05, 4.69) is 6.07 Å². The SMILES string of the molecule is CCOC(=O)Cc1cc(CC)cc(C#N)c1C. The minimum atomic E-state index is -0.243. The maximum Gasteiger partial charge on any atom is 0.310 e. The van der Waals surface area contributed by atoms with Crippen LogP contribution in [0.1, 0.15) is 36.1 Å². The predicted molar refractivity (Wildman–Crippen MR) is 65.6 cm³/mol. The molecule has 0 aromatic heterocycles. The van der Waals surface area contributed by atoms with Crippen LogP contribution in [0.15, 0.2) is 12.1 Å². The number of nitriles is 1. The first-order chi connectivity index (χ1) is 8.12. The van der Waals surface area contributed by atoms with Crippen LogP contribution in [0.25, 0.3) is 0 Å². The molecule has 1 rings (SSSR count). The first-order valence-electron chi connectivity index (χ1n) is 5.80. The minimum absolute atomic E-state index is 0.238. The topological polar surface area (TPSA) is 50.1 Å². The number of hydrogen-bond donors (Lipinski definition) is 0. The normalized spacial score (nSPS) is 9.76. The van der Waals surface area contributed by atoms with E-state index in [0.29, 0.717) is 12.2 Å². The van der Waals surface area contributed by atoms with Gasteiger partial charge in [-0.3, -0.25) is 4.79 Å². The van der Waals surface area contributed by atoms with E-state index in [4.69, 9.17) is 10.00 Å². The highest BCUT2D eigenvalue weighted by Gasteiger charge is 2.11. The highest BCUT2D eigenvalue weighted by molar-refractivity contribution is 5.73. The van der Waals surface area contributed by atoms with E-state index < -0.39 is 0 Å². The Morgan fingerprint density at radius 3 is 2.65 bits per heavy atom. The zero-order valence-corrected chi connectivity index (χ0v) is 10.5. The summed E-state index contributed by atoms with van der Waals surface area (Å²) < 4.78 is 4.93. The number of esters is 1. The van der Waals surface area contributed by atoms with Gasteiger partial charge in [0.1, 0.15) is 0 Å². The van der Waals surface area contributed by atoms with E-state index in [9.17, 15) is 4.79 Å². The largest absolute Gasteiger partial charge is 0.466 e. The molecular weight excluding hydrogens is 214 g/mol. The highest BCUT2D eigenvalue weighted by atomic mass is 16.5. The van der Waals surface area contributed by atoms with Gasteiger partial charge in [0.05, 0.1) is 24.7 Å². The van der Waals surface area contributed by atoms with Crippen LogP contribution >= 0.6 is 0 Å². The summed E-state index contributed by atoms with van der Waals surface area (Å²) in [5.74, 6) is -0.243. The molecule has 0 saturated heterocycles. The van der Waals surface area contributed by atoms with Crippen LogP contribution in [0.2, 0.25) is 0 Å². The molecule has 90 valence electrons. The van der Waals surface area contributed by atoms with Crippen molar-refractivity contribution >= 4 is 5.97 Å². The molecule has 3 nitrogen and oxygen atoms in total. The molecule has 0 saturated carbocycles. The lowest BCUT2D eigenvalue weighted by Crippen LogP contribution is -2.09. The van der Waals surface area contributed by atoms with Crippen molar-refractivity contribution in [2.24, 2.45) is 0 Å². The van der Waals surface area contributed by atoms with Crippen LogP contribution in [0.4, 0.5) is 0 Å². The summed E-state index contributed by atoms with van der Waals surface area (Å²) in [6.45, 7) is 6.07. The fourth-order valence-corrected chi connectivity index (χ4v) is 1.71. The summed E-state index contributed by atoms with van der Waals surface area (Å²) >= 11 is 0. The van der Waals surface area contributed by atoms with Gasteiger partial charge in [0.25, 0.3) is 0 Å². The van der Waals surface area contributed by atoms with Crippen molar-refractivity contribution in [1.29, 1.82) is 5.26 Å². The molecule has 0 unspecified atom stereocenters. The molecule has 0 aliphatic heterocycles. The monoisotopic (exact) mass is 231 g/mol. The standard InChI is InChI=1S/C14H17NO2/c1-4-11-6-12(8-14(16)17-5-2)10(3)13(7-11)9-15/h6-7H,4-5,8H2,1-3H3. The molecule has 0 heterocycles. The van der Waals surface area contributed by atoms with E-state index in [-0.39, 0.29) is 12.4 Å². The average molecular weight is 231 g/mol. The zero-order valence-electron chi connectivity index (χ0n) is 10.5. The highest BCUT2D eigenvalue weighted by Crippen LogP contribution is 2.18. The second kappa shape index (κ2) is 6.05. The van der Waals surface area contributed by atoms with Crippen molar-refractivity contribution in [2.45, 2.75) is 33.6 Å².